The van der Waals surface area contributed by atoms with E-state index in [9.17, 15) is 9.59 Å². The number of ether oxygens (including phenoxy) is 1. The number of aromatic nitrogens is 1. The number of amides is 2. The Balaban J connectivity index is 1.35. The van der Waals surface area contributed by atoms with Crippen LogP contribution >= 0.6 is 0 Å². The Morgan fingerprint density at radius 3 is 2.30 bits per heavy atom. The van der Waals surface area contributed by atoms with Crippen LogP contribution in [0.3, 0.4) is 0 Å². The number of hydrogen-bond acceptors (Lipinski definition) is 5. The standard InChI is InChI=1S/C26H29N3O4/c1-17-24(18(2)33-28-17)16-32-23-12-6-19(7-13-23)14-25(30)29(22-10-11-22)15-20-4-8-21(9-5-20)26(31)27-3/h4-9,12-13,22H,10-11,14-16H2,1-3H3,(H,27,31). The van der Waals surface area contributed by atoms with E-state index in [1.54, 1.807) is 19.2 Å². The van der Waals surface area contributed by atoms with Gasteiger partial charge in [0.25, 0.3) is 5.91 Å². The highest BCUT2D eigenvalue weighted by atomic mass is 16.5. The van der Waals surface area contributed by atoms with Gasteiger partial charge in [-0.2, -0.15) is 0 Å². The van der Waals surface area contributed by atoms with Crippen molar-refractivity contribution in [3.05, 3.63) is 82.2 Å². The number of rotatable bonds is 9. The molecule has 4 rings (SSSR count). The minimum Gasteiger partial charge on any atom is -0.489 e. The van der Waals surface area contributed by atoms with Crippen molar-refractivity contribution in [2.75, 3.05) is 7.05 Å². The van der Waals surface area contributed by atoms with Gasteiger partial charge in [-0.1, -0.05) is 29.4 Å². The average molecular weight is 448 g/mol. The molecule has 0 atom stereocenters. The molecule has 2 amide bonds. The van der Waals surface area contributed by atoms with E-state index >= 15 is 0 Å². The van der Waals surface area contributed by atoms with Crippen molar-refractivity contribution >= 4 is 11.8 Å². The van der Waals surface area contributed by atoms with Gasteiger partial charge >= 0.3 is 0 Å². The summed E-state index contributed by atoms with van der Waals surface area (Å²) in [5.41, 5.74) is 4.37. The summed E-state index contributed by atoms with van der Waals surface area (Å²) < 4.78 is 11.0. The van der Waals surface area contributed by atoms with Crippen molar-refractivity contribution in [3.63, 3.8) is 0 Å². The molecule has 7 heteroatoms. The Kier molecular flexibility index (Phi) is 6.77. The smallest absolute Gasteiger partial charge is 0.251 e. The van der Waals surface area contributed by atoms with Crippen molar-refractivity contribution < 1.29 is 18.8 Å². The molecule has 3 aromatic rings. The zero-order valence-electron chi connectivity index (χ0n) is 19.3. The van der Waals surface area contributed by atoms with Gasteiger partial charge in [0.05, 0.1) is 17.7 Å². The van der Waals surface area contributed by atoms with Crippen molar-refractivity contribution in [1.82, 2.24) is 15.4 Å². The quantitative estimate of drug-likeness (QED) is 0.537. The highest BCUT2D eigenvalue weighted by molar-refractivity contribution is 5.93. The number of hydrogen-bond donors (Lipinski definition) is 1. The van der Waals surface area contributed by atoms with Crippen LogP contribution in [0.15, 0.2) is 53.1 Å². The highest BCUT2D eigenvalue weighted by Crippen LogP contribution is 2.29. The number of carbonyl (C=O) groups excluding carboxylic acids is 2. The van der Waals surface area contributed by atoms with Crippen LogP contribution in [0.2, 0.25) is 0 Å². The van der Waals surface area contributed by atoms with Crippen LogP contribution < -0.4 is 10.1 Å². The zero-order chi connectivity index (χ0) is 23.4. The Morgan fingerprint density at radius 2 is 1.73 bits per heavy atom. The predicted octanol–water partition coefficient (Wildman–Crippen LogP) is 3.96. The molecule has 0 unspecified atom stereocenters. The number of nitrogens with one attached hydrogen (secondary N) is 1. The van der Waals surface area contributed by atoms with Gasteiger partial charge in [-0.25, -0.2) is 0 Å². The van der Waals surface area contributed by atoms with Gasteiger partial charge in [0.1, 0.15) is 18.1 Å². The molecule has 1 aromatic heterocycles. The molecule has 1 heterocycles. The molecule has 0 spiro atoms. The van der Waals surface area contributed by atoms with Crippen LogP contribution in [0.1, 0.15) is 51.3 Å². The first-order valence-electron chi connectivity index (χ1n) is 11.2. The minimum atomic E-state index is -0.115. The van der Waals surface area contributed by atoms with E-state index in [1.807, 2.05) is 55.1 Å². The van der Waals surface area contributed by atoms with Crippen molar-refractivity contribution in [2.24, 2.45) is 0 Å². The maximum atomic E-state index is 13.1. The summed E-state index contributed by atoms with van der Waals surface area (Å²) in [4.78, 5) is 26.8. The third-order valence-electron chi connectivity index (χ3n) is 5.95. The second kappa shape index (κ2) is 9.90. The monoisotopic (exact) mass is 447 g/mol. The van der Waals surface area contributed by atoms with E-state index < -0.39 is 0 Å². The van der Waals surface area contributed by atoms with E-state index in [0.717, 1.165) is 46.7 Å². The molecule has 33 heavy (non-hydrogen) atoms. The third kappa shape index (κ3) is 5.61. The van der Waals surface area contributed by atoms with Gasteiger partial charge in [-0.3, -0.25) is 9.59 Å². The normalized spacial score (nSPS) is 12.9. The van der Waals surface area contributed by atoms with Crippen LogP contribution in [0.4, 0.5) is 0 Å². The molecule has 0 radical (unpaired) electrons. The molecule has 7 nitrogen and oxygen atoms in total. The molecule has 1 N–H and O–H groups in total. The first-order chi connectivity index (χ1) is 15.9. The summed E-state index contributed by atoms with van der Waals surface area (Å²) in [6, 6.07) is 15.4. The van der Waals surface area contributed by atoms with E-state index in [1.165, 1.54) is 0 Å². The van der Waals surface area contributed by atoms with Gasteiger partial charge in [0, 0.05) is 25.2 Å². The molecule has 1 fully saturated rings. The van der Waals surface area contributed by atoms with E-state index in [0.29, 0.717) is 31.2 Å². The maximum absolute atomic E-state index is 13.1. The first-order valence-corrected chi connectivity index (χ1v) is 11.2. The van der Waals surface area contributed by atoms with Crippen molar-refractivity contribution in [2.45, 2.75) is 52.3 Å². The first kappa shape index (κ1) is 22.6. The van der Waals surface area contributed by atoms with Crippen molar-refractivity contribution in [1.29, 1.82) is 0 Å². The Hall–Kier alpha value is -3.61. The lowest BCUT2D eigenvalue weighted by atomic mass is 10.1. The molecule has 172 valence electrons. The largest absolute Gasteiger partial charge is 0.489 e. The molecular formula is C26H29N3O4. The Labute approximate surface area is 193 Å². The molecule has 2 aromatic carbocycles. The molecule has 0 aliphatic heterocycles. The molecular weight excluding hydrogens is 418 g/mol. The topological polar surface area (TPSA) is 84.7 Å². The summed E-state index contributed by atoms with van der Waals surface area (Å²) in [5, 5.41) is 6.56. The van der Waals surface area contributed by atoms with Gasteiger partial charge in [0.2, 0.25) is 5.91 Å². The van der Waals surface area contributed by atoms with Crippen LogP contribution in [-0.2, 0) is 24.4 Å². The SMILES string of the molecule is CNC(=O)c1ccc(CN(C(=O)Cc2ccc(OCc3c(C)noc3C)cc2)C2CC2)cc1. The summed E-state index contributed by atoms with van der Waals surface area (Å²) >= 11 is 0. The van der Waals surface area contributed by atoms with Crippen LogP contribution in [-0.4, -0.2) is 35.0 Å². The lowest BCUT2D eigenvalue weighted by molar-refractivity contribution is -0.131. The second-order valence-electron chi connectivity index (χ2n) is 8.44. The summed E-state index contributed by atoms with van der Waals surface area (Å²) in [6.07, 6.45) is 2.42. The average Bonchev–Trinajstić information content (AvgIpc) is 3.62. The van der Waals surface area contributed by atoms with E-state index in [-0.39, 0.29) is 11.8 Å². The minimum absolute atomic E-state index is 0.109. The fourth-order valence-electron chi connectivity index (χ4n) is 3.75. The molecule has 0 saturated heterocycles. The fourth-order valence-corrected chi connectivity index (χ4v) is 3.75. The molecule has 1 aliphatic carbocycles. The highest BCUT2D eigenvalue weighted by Gasteiger charge is 2.32. The summed E-state index contributed by atoms with van der Waals surface area (Å²) in [6.45, 7) is 4.71. The van der Waals surface area contributed by atoms with Gasteiger partial charge in [-0.15, -0.1) is 0 Å². The summed E-state index contributed by atoms with van der Waals surface area (Å²) in [5.74, 6) is 1.49. The lowest BCUT2D eigenvalue weighted by Gasteiger charge is -2.23. The molecule has 0 bridgehead atoms. The number of nitrogens with zero attached hydrogens (tertiary/aromatic N) is 2. The van der Waals surface area contributed by atoms with Crippen LogP contribution in [0.25, 0.3) is 0 Å². The van der Waals surface area contributed by atoms with E-state index in [4.69, 9.17) is 9.26 Å². The van der Waals surface area contributed by atoms with Crippen LogP contribution in [0.5, 0.6) is 5.75 Å². The lowest BCUT2D eigenvalue weighted by Crippen LogP contribution is -2.33. The molecule has 1 aliphatic rings. The van der Waals surface area contributed by atoms with Crippen molar-refractivity contribution in [3.8, 4) is 5.75 Å². The second-order valence-corrected chi connectivity index (χ2v) is 8.44. The van der Waals surface area contributed by atoms with Gasteiger partial charge in [0.15, 0.2) is 0 Å². The zero-order valence-corrected chi connectivity index (χ0v) is 19.3. The Bertz CT molecular complexity index is 1100. The number of aryl methyl sites for hydroxylation is 2. The fraction of sp³-hybridized carbons (Fsp3) is 0.346. The predicted molar refractivity (Wildman–Crippen MR) is 124 cm³/mol. The molecule has 1 saturated carbocycles. The van der Waals surface area contributed by atoms with Gasteiger partial charge < -0.3 is 19.5 Å². The van der Waals surface area contributed by atoms with E-state index in [2.05, 4.69) is 10.5 Å². The summed E-state index contributed by atoms with van der Waals surface area (Å²) in [7, 11) is 1.61. The third-order valence-corrected chi connectivity index (χ3v) is 5.95. The van der Waals surface area contributed by atoms with Crippen LogP contribution in [0, 0.1) is 13.8 Å². The number of benzene rings is 2. The maximum Gasteiger partial charge on any atom is 0.251 e. The Morgan fingerprint density at radius 1 is 1.06 bits per heavy atom. The van der Waals surface area contributed by atoms with Gasteiger partial charge in [-0.05, 0) is 62.1 Å². The number of carbonyl (C=O) groups is 2.